The number of hydrogen-bond donors (Lipinski definition) is 1. The standard InChI is InChI=1S/C26H31N3O7S3/c1-3-36-14-13-29-18-10-7-8-12-20(18)38-26(29)28-22(31)16-39(33,34)15-21(30)27-24-23(25(32)35-2)17-9-5-4-6-11-19(17)37-24/h7-8,10,12H,3-6,9,11,13-16H2,1-2H3,(H,27,30). The van der Waals surface area contributed by atoms with Crippen LogP contribution in [-0.2, 0) is 48.3 Å². The third kappa shape index (κ3) is 7.21. The van der Waals surface area contributed by atoms with Crippen LogP contribution in [-0.4, -0.2) is 62.6 Å². The van der Waals surface area contributed by atoms with E-state index < -0.39 is 39.1 Å². The summed E-state index contributed by atoms with van der Waals surface area (Å²) in [5.74, 6) is -4.07. The first-order valence-electron chi connectivity index (χ1n) is 12.7. The van der Waals surface area contributed by atoms with E-state index in [0.29, 0.717) is 31.0 Å². The van der Waals surface area contributed by atoms with Gasteiger partial charge in [0.2, 0.25) is 5.91 Å². The quantitative estimate of drug-likeness (QED) is 0.217. The predicted octanol–water partition coefficient (Wildman–Crippen LogP) is 3.34. The Morgan fingerprint density at radius 1 is 1.08 bits per heavy atom. The van der Waals surface area contributed by atoms with Crippen LogP contribution in [0.2, 0.25) is 0 Å². The van der Waals surface area contributed by atoms with Crippen molar-refractivity contribution in [2.45, 2.75) is 45.6 Å². The molecule has 1 N–H and O–H groups in total. The van der Waals surface area contributed by atoms with Crippen molar-refractivity contribution in [2.75, 3.05) is 37.1 Å². The molecule has 3 aromatic rings. The number of ether oxygens (including phenoxy) is 2. The number of para-hydroxylation sites is 1. The van der Waals surface area contributed by atoms with Gasteiger partial charge in [-0.1, -0.05) is 29.9 Å². The van der Waals surface area contributed by atoms with Crippen LogP contribution in [0.5, 0.6) is 0 Å². The molecule has 0 spiro atoms. The Labute approximate surface area is 234 Å². The molecule has 2 amide bonds. The number of hydrogen-bond acceptors (Lipinski definition) is 9. The van der Waals surface area contributed by atoms with Crippen LogP contribution in [0.3, 0.4) is 0 Å². The van der Waals surface area contributed by atoms with Gasteiger partial charge in [0, 0.05) is 18.0 Å². The van der Waals surface area contributed by atoms with Gasteiger partial charge in [-0.05, 0) is 50.3 Å². The van der Waals surface area contributed by atoms with E-state index in [2.05, 4.69) is 10.3 Å². The number of aromatic nitrogens is 1. The second-order valence-electron chi connectivity index (χ2n) is 9.05. The second-order valence-corrected chi connectivity index (χ2v) is 13.2. The summed E-state index contributed by atoms with van der Waals surface area (Å²) in [5, 5.41) is 2.86. The number of esters is 1. The fourth-order valence-electron chi connectivity index (χ4n) is 4.51. The van der Waals surface area contributed by atoms with E-state index in [0.717, 1.165) is 46.3 Å². The SMILES string of the molecule is CCOCCn1c(=NC(=O)CS(=O)(=O)CC(=O)Nc2sc3c(c2C(=O)OC)CCCCC3)sc2ccccc21. The van der Waals surface area contributed by atoms with E-state index in [-0.39, 0.29) is 10.6 Å². The van der Waals surface area contributed by atoms with Crippen LogP contribution >= 0.6 is 22.7 Å². The third-order valence-corrected chi connectivity index (χ3v) is 9.89. The maximum atomic E-state index is 12.8. The maximum Gasteiger partial charge on any atom is 0.341 e. The number of amides is 2. The summed E-state index contributed by atoms with van der Waals surface area (Å²) >= 11 is 2.55. The third-order valence-electron chi connectivity index (χ3n) is 6.23. The number of thiazole rings is 1. The van der Waals surface area contributed by atoms with Gasteiger partial charge < -0.3 is 19.4 Å². The number of benzene rings is 1. The van der Waals surface area contributed by atoms with Crippen LogP contribution in [0.15, 0.2) is 29.3 Å². The van der Waals surface area contributed by atoms with E-state index in [1.165, 1.54) is 29.8 Å². The first kappa shape index (κ1) is 29.1. The van der Waals surface area contributed by atoms with Crippen molar-refractivity contribution in [3.63, 3.8) is 0 Å². The molecule has 0 aliphatic heterocycles. The Bertz CT molecular complexity index is 1550. The molecule has 0 unspecified atom stereocenters. The van der Waals surface area contributed by atoms with Gasteiger partial charge in [-0.15, -0.1) is 11.3 Å². The van der Waals surface area contributed by atoms with Crippen LogP contribution < -0.4 is 10.1 Å². The van der Waals surface area contributed by atoms with E-state index in [9.17, 15) is 22.8 Å². The summed E-state index contributed by atoms with van der Waals surface area (Å²) in [6.45, 7) is 3.29. The van der Waals surface area contributed by atoms with Crippen molar-refractivity contribution >= 4 is 65.5 Å². The molecule has 4 rings (SSSR count). The second kappa shape index (κ2) is 13.0. The fraction of sp³-hybridized carbons (Fsp3) is 0.462. The van der Waals surface area contributed by atoms with Crippen molar-refractivity contribution in [2.24, 2.45) is 4.99 Å². The maximum absolute atomic E-state index is 12.8. The lowest BCUT2D eigenvalue weighted by molar-refractivity contribution is -0.115. The number of nitrogens with one attached hydrogen (secondary N) is 1. The first-order chi connectivity index (χ1) is 18.7. The minimum Gasteiger partial charge on any atom is -0.465 e. The number of fused-ring (bicyclic) bond motifs is 2. The molecule has 39 heavy (non-hydrogen) atoms. The Morgan fingerprint density at radius 3 is 2.62 bits per heavy atom. The highest BCUT2D eigenvalue weighted by Gasteiger charge is 2.28. The van der Waals surface area contributed by atoms with Crippen molar-refractivity contribution in [3.8, 4) is 0 Å². The Morgan fingerprint density at radius 2 is 1.85 bits per heavy atom. The van der Waals surface area contributed by atoms with Crippen molar-refractivity contribution < 1.29 is 32.3 Å². The predicted molar refractivity (Wildman–Crippen MR) is 151 cm³/mol. The van der Waals surface area contributed by atoms with Gasteiger partial charge in [0.1, 0.15) is 16.5 Å². The number of anilines is 1. The summed E-state index contributed by atoms with van der Waals surface area (Å²) in [5.41, 5.74) is 2.02. The summed E-state index contributed by atoms with van der Waals surface area (Å²) < 4.78 is 38.6. The number of sulfone groups is 1. The zero-order valence-corrected chi connectivity index (χ0v) is 24.3. The molecule has 0 atom stereocenters. The van der Waals surface area contributed by atoms with Gasteiger partial charge >= 0.3 is 5.97 Å². The van der Waals surface area contributed by atoms with Crippen molar-refractivity contribution in [1.82, 2.24) is 4.57 Å². The fourth-order valence-corrected chi connectivity index (χ4v) is 7.89. The van der Waals surface area contributed by atoms with E-state index in [1.54, 1.807) is 0 Å². The Balaban J connectivity index is 1.49. The first-order valence-corrected chi connectivity index (χ1v) is 16.1. The van der Waals surface area contributed by atoms with Crippen molar-refractivity contribution in [1.29, 1.82) is 0 Å². The van der Waals surface area contributed by atoms with Gasteiger partial charge in [0.15, 0.2) is 14.6 Å². The molecule has 2 heterocycles. The molecule has 2 aromatic heterocycles. The van der Waals surface area contributed by atoms with Crippen LogP contribution in [0.25, 0.3) is 10.2 Å². The molecule has 1 aliphatic carbocycles. The molecule has 0 radical (unpaired) electrons. The van der Waals surface area contributed by atoms with Gasteiger partial charge in [-0.3, -0.25) is 9.59 Å². The average molecular weight is 594 g/mol. The molecular formula is C26H31N3O7S3. The summed E-state index contributed by atoms with van der Waals surface area (Å²) in [4.78, 5) is 43.4. The Hall–Kier alpha value is -2.87. The summed E-state index contributed by atoms with van der Waals surface area (Å²) in [6, 6.07) is 7.54. The minimum absolute atomic E-state index is 0.283. The minimum atomic E-state index is -4.13. The number of carbonyl (C=O) groups excluding carboxylic acids is 3. The number of thiophene rings is 1. The monoisotopic (exact) mass is 593 g/mol. The molecule has 210 valence electrons. The lowest BCUT2D eigenvalue weighted by Crippen LogP contribution is -2.28. The smallest absolute Gasteiger partial charge is 0.341 e. The zero-order valence-electron chi connectivity index (χ0n) is 21.9. The highest BCUT2D eigenvalue weighted by Crippen LogP contribution is 2.38. The van der Waals surface area contributed by atoms with Crippen LogP contribution in [0.4, 0.5) is 5.00 Å². The lowest BCUT2D eigenvalue weighted by Gasteiger charge is -2.08. The number of carbonyl (C=O) groups is 3. The molecule has 10 nitrogen and oxygen atoms in total. The van der Waals surface area contributed by atoms with Crippen molar-refractivity contribution in [3.05, 3.63) is 45.1 Å². The van der Waals surface area contributed by atoms with E-state index >= 15 is 0 Å². The van der Waals surface area contributed by atoms with E-state index in [4.69, 9.17) is 9.47 Å². The molecule has 0 saturated carbocycles. The van der Waals surface area contributed by atoms with Crippen LogP contribution in [0.1, 0.15) is 47.0 Å². The zero-order chi connectivity index (χ0) is 28.0. The normalized spacial score (nSPS) is 14.2. The summed E-state index contributed by atoms with van der Waals surface area (Å²) in [6.07, 6.45) is 4.44. The number of nitrogens with zero attached hydrogens (tertiary/aromatic N) is 2. The topological polar surface area (TPSA) is 133 Å². The lowest BCUT2D eigenvalue weighted by atomic mass is 10.1. The molecule has 0 fully saturated rings. The molecule has 13 heteroatoms. The van der Waals surface area contributed by atoms with Crippen LogP contribution in [0, 0.1) is 0 Å². The average Bonchev–Trinajstić information content (AvgIpc) is 3.30. The van der Waals surface area contributed by atoms with E-state index in [1.807, 2.05) is 35.8 Å². The summed E-state index contributed by atoms with van der Waals surface area (Å²) in [7, 11) is -2.86. The molecule has 0 bridgehead atoms. The van der Waals surface area contributed by atoms with Gasteiger partial charge in [-0.2, -0.15) is 4.99 Å². The van der Waals surface area contributed by atoms with Gasteiger partial charge in [-0.25, -0.2) is 13.2 Å². The van der Waals surface area contributed by atoms with Gasteiger partial charge in [0.25, 0.3) is 5.91 Å². The number of rotatable bonds is 10. The van der Waals surface area contributed by atoms with Gasteiger partial charge in [0.05, 0.1) is 29.5 Å². The number of methoxy groups -OCH3 is 1. The Kier molecular flexibility index (Phi) is 9.70. The highest BCUT2D eigenvalue weighted by molar-refractivity contribution is 7.92. The molecule has 0 saturated heterocycles. The molecule has 1 aromatic carbocycles. The molecular weight excluding hydrogens is 563 g/mol. The number of aryl methyl sites for hydroxylation is 1. The largest absolute Gasteiger partial charge is 0.465 e. The highest BCUT2D eigenvalue weighted by atomic mass is 32.2. The molecule has 1 aliphatic rings.